The quantitative estimate of drug-likeness (QED) is 0.0897. The summed E-state index contributed by atoms with van der Waals surface area (Å²) in [4.78, 5) is 16.2. The highest BCUT2D eigenvalue weighted by Crippen LogP contribution is 2.32. The molecule has 390 valence electrons. The van der Waals surface area contributed by atoms with E-state index in [0.29, 0.717) is 82.1 Å². The Bertz CT molecular complexity index is 3910. The van der Waals surface area contributed by atoms with E-state index in [1.54, 1.807) is 105 Å². The third kappa shape index (κ3) is 14.7. The summed E-state index contributed by atoms with van der Waals surface area (Å²) in [5.41, 5.74) is 8.16. The van der Waals surface area contributed by atoms with Crippen LogP contribution < -0.4 is 18.9 Å². The Morgan fingerprint density at radius 2 is 0.838 bits per heavy atom. The Kier molecular flexibility index (Phi) is 17.9. The molecule has 0 radical (unpaired) electrons. The van der Waals surface area contributed by atoms with Crippen LogP contribution >= 0.6 is 0 Å². The SMILES string of the molecule is N#Cc1ccc(-c2ccc(Oc3cc(Cn4ccnc4)ccc3C#N)cc2)cc1.N#Cc1ccc(Cn2ccnc2)cc1Oc1ccc(-n2ccnc2)cc1.N#Cc1ccc(Cn2ccnc2)cc1Oc1cccc(OCCO)c1. The van der Waals surface area contributed by atoms with Crippen molar-refractivity contribution >= 4 is 0 Å². The van der Waals surface area contributed by atoms with Crippen molar-refractivity contribution in [1.29, 1.82) is 21.0 Å². The topological polar surface area (TPSA) is 224 Å². The van der Waals surface area contributed by atoms with Gasteiger partial charge in [-0.25, -0.2) is 19.9 Å². The van der Waals surface area contributed by atoms with E-state index in [2.05, 4.69) is 44.2 Å². The molecule has 0 bridgehead atoms. The number of benzene rings is 7. The molecule has 7 aromatic carbocycles. The van der Waals surface area contributed by atoms with Gasteiger partial charge in [0.1, 0.15) is 65.1 Å². The highest BCUT2D eigenvalue weighted by atomic mass is 16.5. The number of imidazole rings is 4. The Hall–Kier alpha value is -11.5. The molecule has 0 fully saturated rings. The number of nitrogens with zero attached hydrogens (tertiary/aromatic N) is 12. The maximum atomic E-state index is 9.41. The van der Waals surface area contributed by atoms with E-state index in [1.807, 2.05) is 140 Å². The number of hydrogen-bond donors (Lipinski definition) is 1. The van der Waals surface area contributed by atoms with Crippen LogP contribution in [0.1, 0.15) is 38.9 Å². The molecule has 0 saturated heterocycles. The van der Waals surface area contributed by atoms with Gasteiger partial charge in [0.2, 0.25) is 0 Å². The molecule has 80 heavy (non-hydrogen) atoms. The van der Waals surface area contributed by atoms with E-state index in [1.165, 1.54) is 0 Å². The Morgan fingerprint density at radius 1 is 0.412 bits per heavy atom. The van der Waals surface area contributed by atoms with Crippen molar-refractivity contribution in [3.05, 3.63) is 265 Å². The first kappa shape index (κ1) is 53.3. The molecule has 0 spiro atoms. The zero-order valence-electron chi connectivity index (χ0n) is 42.8. The molecule has 17 heteroatoms. The molecule has 4 heterocycles. The summed E-state index contributed by atoms with van der Waals surface area (Å²) in [7, 11) is 0. The van der Waals surface area contributed by atoms with Crippen LogP contribution in [-0.2, 0) is 19.6 Å². The van der Waals surface area contributed by atoms with Crippen molar-refractivity contribution in [3.63, 3.8) is 0 Å². The summed E-state index contributed by atoms with van der Waals surface area (Å²) >= 11 is 0. The van der Waals surface area contributed by atoms with E-state index in [0.717, 1.165) is 33.5 Å². The lowest BCUT2D eigenvalue weighted by Crippen LogP contribution is -2.01. The first-order valence-electron chi connectivity index (χ1n) is 24.9. The monoisotopic (exact) mass is 1050 g/mol. The molecule has 0 aliphatic rings. The van der Waals surface area contributed by atoms with Crippen molar-refractivity contribution in [2.45, 2.75) is 19.6 Å². The molecule has 11 aromatic rings. The molecular formula is C63H48N12O5. The maximum absolute atomic E-state index is 9.41. The normalized spacial score (nSPS) is 10.3. The zero-order chi connectivity index (χ0) is 55.3. The Balaban J connectivity index is 0.000000146. The first-order chi connectivity index (χ1) is 39.3. The van der Waals surface area contributed by atoms with Crippen molar-refractivity contribution in [3.8, 4) is 81.3 Å². The molecule has 0 unspecified atom stereocenters. The molecule has 0 atom stereocenters. The molecular weight excluding hydrogens is 1000 g/mol. The number of rotatable bonds is 17. The lowest BCUT2D eigenvalue weighted by molar-refractivity contribution is 0.201. The fraction of sp³-hybridized carbons (Fsp3) is 0.0794. The summed E-state index contributed by atoms with van der Waals surface area (Å²) in [6, 6.07) is 55.1. The molecule has 0 aliphatic carbocycles. The lowest BCUT2D eigenvalue weighted by atomic mass is 10.0. The fourth-order valence-corrected chi connectivity index (χ4v) is 8.02. The predicted molar refractivity (Wildman–Crippen MR) is 297 cm³/mol. The van der Waals surface area contributed by atoms with Gasteiger partial charge >= 0.3 is 0 Å². The van der Waals surface area contributed by atoms with Gasteiger partial charge < -0.3 is 42.3 Å². The van der Waals surface area contributed by atoms with Gasteiger partial charge in [0, 0.05) is 81.0 Å². The highest BCUT2D eigenvalue weighted by molar-refractivity contribution is 5.65. The van der Waals surface area contributed by atoms with Gasteiger partial charge in [-0.1, -0.05) is 48.5 Å². The van der Waals surface area contributed by atoms with Crippen molar-refractivity contribution in [2.75, 3.05) is 13.2 Å². The minimum Gasteiger partial charge on any atom is -0.491 e. The van der Waals surface area contributed by atoms with Crippen LogP contribution in [0.25, 0.3) is 16.8 Å². The number of ether oxygens (including phenoxy) is 4. The molecule has 0 saturated carbocycles. The van der Waals surface area contributed by atoms with Gasteiger partial charge in [-0.05, 0) is 125 Å². The molecule has 4 aromatic heterocycles. The van der Waals surface area contributed by atoms with E-state index in [4.69, 9.17) is 29.3 Å². The Labute approximate surface area is 461 Å². The third-order valence-corrected chi connectivity index (χ3v) is 12.0. The van der Waals surface area contributed by atoms with Gasteiger partial charge in [0.05, 0.1) is 60.2 Å². The van der Waals surface area contributed by atoms with Crippen LogP contribution in [-0.4, -0.2) is 56.5 Å². The molecule has 11 rings (SSSR count). The van der Waals surface area contributed by atoms with E-state index in [-0.39, 0.29) is 13.2 Å². The van der Waals surface area contributed by atoms with Crippen LogP contribution in [0.4, 0.5) is 0 Å². The second-order valence-corrected chi connectivity index (χ2v) is 17.6. The average Bonchev–Trinajstić information content (AvgIpc) is 4.38. The summed E-state index contributed by atoms with van der Waals surface area (Å²) in [5, 5.41) is 45.8. The maximum Gasteiger partial charge on any atom is 0.145 e. The van der Waals surface area contributed by atoms with E-state index < -0.39 is 0 Å². The van der Waals surface area contributed by atoms with Crippen LogP contribution in [0, 0.1) is 45.3 Å². The van der Waals surface area contributed by atoms with E-state index in [9.17, 15) is 15.8 Å². The van der Waals surface area contributed by atoms with Gasteiger partial charge in [0.15, 0.2) is 0 Å². The predicted octanol–water partition coefficient (Wildman–Crippen LogP) is 11.9. The van der Waals surface area contributed by atoms with Crippen molar-refractivity contribution in [2.24, 2.45) is 0 Å². The number of aliphatic hydroxyl groups is 1. The van der Waals surface area contributed by atoms with Crippen LogP contribution in [0.5, 0.6) is 40.2 Å². The highest BCUT2D eigenvalue weighted by Gasteiger charge is 2.12. The Morgan fingerprint density at radius 3 is 1.25 bits per heavy atom. The number of aliphatic hydroxyl groups excluding tert-OH is 1. The van der Waals surface area contributed by atoms with Crippen molar-refractivity contribution in [1.82, 2.24) is 38.2 Å². The number of hydrogen-bond acceptors (Lipinski definition) is 13. The summed E-state index contributed by atoms with van der Waals surface area (Å²) in [6.45, 7) is 2.12. The molecule has 0 aliphatic heterocycles. The minimum absolute atomic E-state index is 0.0556. The number of nitriles is 4. The second kappa shape index (κ2) is 26.8. The summed E-state index contributed by atoms with van der Waals surface area (Å²) < 4.78 is 31.0. The smallest absolute Gasteiger partial charge is 0.145 e. The van der Waals surface area contributed by atoms with Gasteiger partial charge in [-0.3, -0.25) is 0 Å². The minimum atomic E-state index is -0.0556. The number of aromatic nitrogens is 8. The molecule has 1 N–H and O–H groups in total. The van der Waals surface area contributed by atoms with Gasteiger partial charge in [0.25, 0.3) is 0 Å². The van der Waals surface area contributed by atoms with Crippen LogP contribution in [0.15, 0.2) is 227 Å². The standard InChI is InChI=1S/C24H16N4O.C20H15N5O.C19H17N3O3/c25-14-18-1-4-20(5-2-18)21-7-9-23(10-8-21)29-24-13-19(3-6-22(24)15-26)16-28-12-11-27-17-28;21-12-17-2-1-16(13-24-9-7-22-14-24)11-20(17)26-19-5-3-18(4-6-19)25-10-8-23-15-25;20-12-16-5-4-15(13-22-7-6-21-14-22)10-19(16)25-18-3-1-2-17(11-18)24-9-8-23/h1-13,17H,16H2;1-11,14-15H,13H2;1-7,10-11,14,23H,8-9,13H2. The fourth-order valence-electron chi connectivity index (χ4n) is 8.02. The average molecular weight is 1050 g/mol. The first-order valence-corrected chi connectivity index (χ1v) is 24.9. The molecule has 0 amide bonds. The summed E-state index contributed by atoms with van der Waals surface area (Å²) in [5.74, 6) is 4.03. The third-order valence-electron chi connectivity index (χ3n) is 12.0. The summed E-state index contributed by atoms with van der Waals surface area (Å²) in [6.07, 6.45) is 21.4. The van der Waals surface area contributed by atoms with Gasteiger partial charge in [-0.2, -0.15) is 21.0 Å². The van der Waals surface area contributed by atoms with E-state index >= 15 is 0 Å². The van der Waals surface area contributed by atoms with Crippen LogP contribution in [0.2, 0.25) is 0 Å². The lowest BCUT2D eigenvalue weighted by Gasteiger charge is -2.11. The van der Waals surface area contributed by atoms with Gasteiger partial charge in [-0.15, -0.1) is 0 Å². The molecule has 17 nitrogen and oxygen atoms in total. The second-order valence-electron chi connectivity index (χ2n) is 17.6. The van der Waals surface area contributed by atoms with Crippen molar-refractivity contribution < 1.29 is 24.1 Å². The zero-order valence-corrected chi connectivity index (χ0v) is 42.8. The van der Waals surface area contributed by atoms with Crippen LogP contribution in [0.3, 0.4) is 0 Å². The largest absolute Gasteiger partial charge is 0.491 e.